The molecule has 0 radical (unpaired) electrons. The Hall–Kier alpha value is -2.49. The summed E-state index contributed by atoms with van der Waals surface area (Å²) in [5.74, 6) is -0.565. The highest BCUT2D eigenvalue weighted by atomic mass is 35.5. The maximum absolute atomic E-state index is 12.8. The molecule has 0 unspecified atom stereocenters. The molecule has 7 nitrogen and oxygen atoms in total. The minimum atomic E-state index is -3.92. The number of hydrogen-bond acceptors (Lipinski definition) is 6. The SMILES string of the molecule is Cc1ccc(NS(=O)(=O)c2ccc(Cl)c(C(=O)Nc3nnc(C(C)(C)C)s3)c2)cc1C. The smallest absolute Gasteiger partial charge is 0.261 e. The molecule has 2 N–H and O–H groups in total. The minimum absolute atomic E-state index is 0.0251. The summed E-state index contributed by atoms with van der Waals surface area (Å²) < 4.78 is 28.2. The number of sulfonamides is 1. The predicted molar refractivity (Wildman–Crippen MR) is 125 cm³/mol. The first-order chi connectivity index (χ1) is 14.4. The van der Waals surface area contributed by atoms with Gasteiger partial charge in [-0.15, -0.1) is 10.2 Å². The van der Waals surface area contributed by atoms with E-state index in [0.29, 0.717) is 10.8 Å². The summed E-state index contributed by atoms with van der Waals surface area (Å²) in [6.45, 7) is 9.82. The highest BCUT2D eigenvalue weighted by molar-refractivity contribution is 7.92. The number of amides is 1. The van der Waals surface area contributed by atoms with Crippen molar-refractivity contribution in [1.29, 1.82) is 0 Å². The van der Waals surface area contributed by atoms with Gasteiger partial charge in [0.2, 0.25) is 5.13 Å². The molecule has 0 saturated heterocycles. The second-order valence-corrected chi connectivity index (χ2v) is 11.2. The van der Waals surface area contributed by atoms with Crippen molar-refractivity contribution in [3.8, 4) is 0 Å². The molecule has 0 aliphatic carbocycles. The topological polar surface area (TPSA) is 101 Å². The van der Waals surface area contributed by atoms with Gasteiger partial charge in [-0.05, 0) is 55.3 Å². The zero-order valence-corrected chi connectivity index (χ0v) is 20.2. The maximum Gasteiger partial charge on any atom is 0.261 e. The molecule has 3 aromatic rings. The average Bonchev–Trinajstić information content (AvgIpc) is 3.13. The van der Waals surface area contributed by atoms with Gasteiger partial charge in [0.15, 0.2) is 0 Å². The summed E-state index contributed by atoms with van der Waals surface area (Å²) in [6.07, 6.45) is 0. The Morgan fingerprint density at radius 3 is 2.35 bits per heavy atom. The molecular formula is C21H23ClN4O3S2. The number of aryl methyl sites for hydroxylation is 2. The lowest BCUT2D eigenvalue weighted by Gasteiger charge is -2.12. The number of anilines is 2. The number of carbonyl (C=O) groups is 1. The maximum atomic E-state index is 12.8. The number of benzene rings is 2. The summed E-state index contributed by atoms with van der Waals surface area (Å²) in [6, 6.07) is 9.25. The summed E-state index contributed by atoms with van der Waals surface area (Å²) >= 11 is 7.43. The summed E-state index contributed by atoms with van der Waals surface area (Å²) in [4.78, 5) is 12.7. The molecule has 0 fully saturated rings. The Bertz CT molecular complexity index is 1250. The second kappa shape index (κ2) is 8.57. The zero-order chi connectivity index (χ0) is 23.0. The van der Waals surface area contributed by atoms with Gasteiger partial charge in [0, 0.05) is 11.1 Å². The van der Waals surface area contributed by atoms with Gasteiger partial charge in [0.1, 0.15) is 5.01 Å². The van der Waals surface area contributed by atoms with Gasteiger partial charge in [0.25, 0.3) is 15.9 Å². The first kappa shape index (κ1) is 23.2. The Morgan fingerprint density at radius 2 is 1.74 bits per heavy atom. The third-order valence-electron chi connectivity index (χ3n) is 4.54. The van der Waals surface area contributed by atoms with E-state index in [1.165, 1.54) is 29.5 Å². The predicted octanol–water partition coefficient (Wildman–Crippen LogP) is 5.16. The number of carbonyl (C=O) groups excluding carboxylic acids is 1. The normalized spacial score (nSPS) is 11.9. The second-order valence-electron chi connectivity index (χ2n) is 8.16. The van der Waals surface area contributed by atoms with Crippen molar-refractivity contribution in [2.45, 2.75) is 44.9 Å². The molecule has 1 aromatic heterocycles. The number of hydrogen-bond donors (Lipinski definition) is 2. The van der Waals surface area contributed by atoms with Gasteiger partial charge in [0.05, 0.1) is 15.5 Å². The Balaban J connectivity index is 1.85. The molecular weight excluding hydrogens is 456 g/mol. The van der Waals surface area contributed by atoms with Crippen LogP contribution in [0.1, 0.15) is 47.3 Å². The van der Waals surface area contributed by atoms with Crippen LogP contribution in [0, 0.1) is 13.8 Å². The fourth-order valence-corrected chi connectivity index (χ4v) is 4.68. The van der Waals surface area contributed by atoms with E-state index >= 15 is 0 Å². The lowest BCUT2D eigenvalue weighted by Crippen LogP contribution is -2.16. The van der Waals surface area contributed by atoms with E-state index in [4.69, 9.17) is 11.6 Å². The van der Waals surface area contributed by atoms with Crippen molar-refractivity contribution in [3.63, 3.8) is 0 Å². The molecule has 164 valence electrons. The molecule has 0 bridgehead atoms. The molecule has 2 aromatic carbocycles. The standard InChI is InChI=1S/C21H23ClN4O3S2/c1-12-6-7-14(10-13(12)2)26-31(28,29)15-8-9-17(22)16(11-15)18(27)23-20-25-24-19(30-20)21(3,4)5/h6-11,26H,1-5H3,(H,23,25,27). The van der Waals surface area contributed by atoms with Crippen LogP contribution in [0.3, 0.4) is 0 Å². The van der Waals surface area contributed by atoms with Crippen LogP contribution in [0.15, 0.2) is 41.3 Å². The Morgan fingerprint density at radius 1 is 1.03 bits per heavy atom. The van der Waals surface area contributed by atoms with E-state index in [1.54, 1.807) is 12.1 Å². The average molecular weight is 479 g/mol. The van der Waals surface area contributed by atoms with Crippen LogP contribution in [-0.4, -0.2) is 24.5 Å². The number of nitrogens with one attached hydrogen (secondary N) is 2. The van der Waals surface area contributed by atoms with Gasteiger partial charge in [-0.3, -0.25) is 14.8 Å². The van der Waals surface area contributed by atoms with Crippen LogP contribution in [0.25, 0.3) is 0 Å². The van der Waals surface area contributed by atoms with E-state index in [9.17, 15) is 13.2 Å². The van der Waals surface area contributed by atoms with Gasteiger partial charge in [-0.1, -0.05) is 49.8 Å². The van der Waals surface area contributed by atoms with Crippen LogP contribution in [-0.2, 0) is 15.4 Å². The van der Waals surface area contributed by atoms with Gasteiger partial charge >= 0.3 is 0 Å². The van der Waals surface area contributed by atoms with E-state index in [-0.39, 0.29) is 20.9 Å². The summed E-state index contributed by atoms with van der Waals surface area (Å²) in [5.41, 5.74) is 2.28. The molecule has 3 rings (SSSR count). The van der Waals surface area contributed by atoms with Crippen molar-refractivity contribution in [2.75, 3.05) is 10.0 Å². The quantitative estimate of drug-likeness (QED) is 0.527. The van der Waals surface area contributed by atoms with Crippen LogP contribution < -0.4 is 10.0 Å². The van der Waals surface area contributed by atoms with Crippen LogP contribution >= 0.6 is 22.9 Å². The molecule has 0 aliphatic heterocycles. The van der Waals surface area contributed by atoms with Crippen molar-refractivity contribution in [3.05, 3.63) is 63.1 Å². The Labute approximate surface area is 190 Å². The number of rotatable bonds is 5. The van der Waals surface area contributed by atoms with Crippen molar-refractivity contribution in [2.24, 2.45) is 0 Å². The van der Waals surface area contributed by atoms with Gasteiger partial charge < -0.3 is 0 Å². The molecule has 0 atom stereocenters. The van der Waals surface area contributed by atoms with E-state index < -0.39 is 15.9 Å². The van der Waals surface area contributed by atoms with Crippen LogP contribution in [0.2, 0.25) is 5.02 Å². The zero-order valence-electron chi connectivity index (χ0n) is 17.8. The van der Waals surface area contributed by atoms with Crippen molar-refractivity contribution in [1.82, 2.24) is 10.2 Å². The Kier molecular flexibility index (Phi) is 6.40. The van der Waals surface area contributed by atoms with Gasteiger partial charge in [-0.2, -0.15) is 0 Å². The molecule has 1 amide bonds. The minimum Gasteiger partial charge on any atom is -0.296 e. The highest BCUT2D eigenvalue weighted by Crippen LogP contribution is 2.29. The van der Waals surface area contributed by atoms with E-state index in [2.05, 4.69) is 20.2 Å². The molecule has 0 aliphatic rings. The lowest BCUT2D eigenvalue weighted by molar-refractivity contribution is 0.102. The molecule has 0 spiro atoms. The largest absolute Gasteiger partial charge is 0.296 e. The summed E-state index contributed by atoms with van der Waals surface area (Å²) in [7, 11) is -3.92. The highest BCUT2D eigenvalue weighted by Gasteiger charge is 2.22. The van der Waals surface area contributed by atoms with Crippen molar-refractivity contribution < 1.29 is 13.2 Å². The first-order valence-corrected chi connectivity index (χ1v) is 12.1. The molecule has 10 heteroatoms. The molecule has 0 saturated carbocycles. The third-order valence-corrected chi connectivity index (χ3v) is 7.51. The fraction of sp³-hybridized carbons (Fsp3) is 0.286. The monoisotopic (exact) mass is 478 g/mol. The van der Waals surface area contributed by atoms with E-state index in [1.807, 2.05) is 40.7 Å². The van der Waals surface area contributed by atoms with Gasteiger partial charge in [-0.25, -0.2) is 8.42 Å². The third kappa shape index (κ3) is 5.41. The lowest BCUT2D eigenvalue weighted by atomic mass is 9.98. The molecule has 31 heavy (non-hydrogen) atoms. The van der Waals surface area contributed by atoms with Crippen molar-refractivity contribution >= 4 is 49.7 Å². The first-order valence-electron chi connectivity index (χ1n) is 9.42. The number of halogens is 1. The number of aromatic nitrogens is 2. The summed E-state index contributed by atoms with van der Waals surface area (Å²) in [5, 5.41) is 11.9. The fourth-order valence-electron chi connectivity index (χ4n) is 2.61. The molecule has 1 heterocycles. The number of nitrogens with zero attached hydrogens (tertiary/aromatic N) is 2. The van der Waals surface area contributed by atoms with Crippen LogP contribution in [0.4, 0.5) is 10.8 Å². The van der Waals surface area contributed by atoms with Crippen LogP contribution in [0.5, 0.6) is 0 Å². The van der Waals surface area contributed by atoms with E-state index in [0.717, 1.165) is 16.1 Å².